The van der Waals surface area contributed by atoms with E-state index < -0.39 is 18.1 Å². The molecule has 1 saturated heterocycles. The van der Waals surface area contributed by atoms with Gasteiger partial charge in [-0.1, -0.05) is 36.4 Å². The Bertz CT molecular complexity index is 1230. The molecule has 6 N–H and O–H groups in total. The van der Waals surface area contributed by atoms with Crippen LogP contribution in [0.4, 0.5) is 5.69 Å². The number of pyridine rings is 1. The third-order valence-electron chi connectivity index (χ3n) is 6.12. The molecule has 0 spiro atoms. The number of nitrogens with zero attached hydrogens (tertiary/aromatic N) is 3. The normalized spacial score (nSPS) is 18.1. The molecule has 3 aromatic rings. The average Bonchev–Trinajstić information content (AvgIpc) is 3.26. The largest absolute Gasteiger partial charge is 0.481 e. The van der Waals surface area contributed by atoms with Crippen LogP contribution >= 0.6 is 0 Å². The maximum absolute atomic E-state index is 13.2. The first-order valence-electron chi connectivity index (χ1n) is 11.2. The van der Waals surface area contributed by atoms with Gasteiger partial charge in [0.05, 0.1) is 23.4 Å². The van der Waals surface area contributed by atoms with E-state index in [1.165, 1.54) is 6.20 Å². The van der Waals surface area contributed by atoms with Gasteiger partial charge in [0.15, 0.2) is 5.96 Å². The van der Waals surface area contributed by atoms with Gasteiger partial charge in [0.1, 0.15) is 0 Å². The minimum Gasteiger partial charge on any atom is -0.481 e. The molecule has 1 aromatic heterocycles. The number of carbonyl (C=O) groups excluding carboxylic acids is 1. The number of benzene rings is 2. The van der Waals surface area contributed by atoms with Crippen LogP contribution in [0.3, 0.4) is 0 Å². The standard InChI is InChI=1S/C26H27N5O4/c27-26(28)30-21-5-1-3-19(13-21)17-6-8-18(9-7-17)24(34)22-11-16(12-23(32)33)15-31(22)25(35)20-4-2-10-29-14-20/h1-10,13-14,16,22,24,34H,11-12,15H2,(H,32,33)(H4,27,28,30)/t16-,22-,24?/m0/s1. The molecule has 1 aliphatic rings. The first kappa shape index (κ1) is 23.9. The van der Waals surface area contributed by atoms with Gasteiger partial charge in [0.25, 0.3) is 5.91 Å². The van der Waals surface area contributed by atoms with E-state index in [9.17, 15) is 19.8 Å². The highest BCUT2D eigenvalue weighted by atomic mass is 16.4. The van der Waals surface area contributed by atoms with E-state index in [2.05, 4.69) is 9.98 Å². The molecule has 0 aliphatic carbocycles. The molecular weight excluding hydrogens is 446 g/mol. The zero-order chi connectivity index (χ0) is 24.9. The highest BCUT2D eigenvalue weighted by Crippen LogP contribution is 2.36. The summed E-state index contributed by atoms with van der Waals surface area (Å²) in [5, 5.41) is 20.5. The number of carboxylic acid groups (broad SMARTS) is 1. The summed E-state index contributed by atoms with van der Waals surface area (Å²) < 4.78 is 0. The van der Waals surface area contributed by atoms with Crippen LogP contribution in [0.1, 0.15) is 34.9 Å². The smallest absolute Gasteiger partial charge is 0.303 e. The van der Waals surface area contributed by atoms with Crippen molar-refractivity contribution in [3.63, 3.8) is 0 Å². The Morgan fingerprint density at radius 1 is 1.09 bits per heavy atom. The van der Waals surface area contributed by atoms with Gasteiger partial charge >= 0.3 is 5.97 Å². The number of carbonyl (C=O) groups is 2. The fourth-order valence-electron chi connectivity index (χ4n) is 4.54. The highest BCUT2D eigenvalue weighted by Gasteiger charge is 2.40. The Morgan fingerprint density at radius 3 is 2.51 bits per heavy atom. The number of aliphatic hydroxyl groups excluding tert-OH is 1. The van der Waals surface area contributed by atoms with E-state index in [1.54, 1.807) is 29.3 Å². The van der Waals surface area contributed by atoms with Gasteiger partial charge in [0.2, 0.25) is 0 Å². The molecule has 0 radical (unpaired) electrons. The van der Waals surface area contributed by atoms with E-state index >= 15 is 0 Å². The molecular formula is C26H27N5O4. The van der Waals surface area contributed by atoms with Crippen molar-refractivity contribution in [2.45, 2.75) is 25.0 Å². The lowest BCUT2D eigenvalue weighted by atomic mass is 9.94. The van der Waals surface area contributed by atoms with Crippen LogP contribution in [0.15, 0.2) is 78.0 Å². The minimum atomic E-state index is -0.976. The predicted molar refractivity (Wildman–Crippen MR) is 132 cm³/mol. The Morgan fingerprint density at radius 2 is 1.86 bits per heavy atom. The molecule has 2 aromatic carbocycles. The van der Waals surface area contributed by atoms with E-state index in [0.29, 0.717) is 23.2 Å². The van der Waals surface area contributed by atoms with Crippen molar-refractivity contribution in [1.29, 1.82) is 0 Å². The number of hydrogen-bond acceptors (Lipinski definition) is 5. The topological polar surface area (TPSA) is 155 Å². The second-order valence-corrected chi connectivity index (χ2v) is 8.62. The number of amides is 1. The summed E-state index contributed by atoms with van der Waals surface area (Å²) in [5.41, 5.74) is 14.4. The molecule has 9 heteroatoms. The average molecular weight is 474 g/mol. The van der Waals surface area contributed by atoms with E-state index in [0.717, 1.165) is 11.1 Å². The number of rotatable bonds is 7. The van der Waals surface area contributed by atoms with Crippen molar-refractivity contribution in [2.24, 2.45) is 22.4 Å². The van der Waals surface area contributed by atoms with Gasteiger partial charge < -0.3 is 26.6 Å². The Kier molecular flexibility index (Phi) is 7.07. The zero-order valence-corrected chi connectivity index (χ0v) is 19.0. The Hall–Kier alpha value is -4.24. The highest BCUT2D eigenvalue weighted by molar-refractivity contribution is 5.94. The molecule has 1 aliphatic heterocycles. The van der Waals surface area contributed by atoms with Crippen LogP contribution in [0.2, 0.25) is 0 Å². The summed E-state index contributed by atoms with van der Waals surface area (Å²) in [6.07, 6.45) is 2.40. The fraction of sp³-hybridized carbons (Fsp3) is 0.231. The van der Waals surface area contributed by atoms with Crippen molar-refractivity contribution in [3.8, 4) is 11.1 Å². The van der Waals surface area contributed by atoms with E-state index in [4.69, 9.17) is 11.5 Å². The summed E-state index contributed by atoms with van der Waals surface area (Å²) in [5.74, 6) is -1.47. The van der Waals surface area contributed by atoms with Crippen LogP contribution in [0.5, 0.6) is 0 Å². The van der Waals surface area contributed by atoms with Gasteiger partial charge in [-0.3, -0.25) is 14.6 Å². The van der Waals surface area contributed by atoms with Crippen LogP contribution in [0.25, 0.3) is 11.1 Å². The number of aromatic nitrogens is 1. The number of hydrogen-bond donors (Lipinski definition) is 4. The summed E-state index contributed by atoms with van der Waals surface area (Å²) >= 11 is 0. The first-order valence-corrected chi connectivity index (χ1v) is 11.2. The van der Waals surface area contributed by atoms with Crippen molar-refractivity contribution >= 4 is 23.5 Å². The second-order valence-electron chi connectivity index (χ2n) is 8.62. The third-order valence-corrected chi connectivity index (χ3v) is 6.12. The van der Waals surface area contributed by atoms with Crippen molar-refractivity contribution in [1.82, 2.24) is 9.88 Å². The van der Waals surface area contributed by atoms with Crippen LogP contribution < -0.4 is 11.5 Å². The number of aliphatic carboxylic acids is 1. The lowest BCUT2D eigenvalue weighted by Gasteiger charge is -2.29. The molecule has 2 heterocycles. The lowest BCUT2D eigenvalue weighted by molar-refractivity contribution is -0.138. The number of nitrogens with two attached hydrogens (primary N) is 2. The predicted octanol–water partition coefficient (Wildman–Crippen LogP) is 2.69. The van der Waals surface area contributed by atoms with Crippen molar-refractivity contribution in [2.75, 3.05) is 6.54 Å². The number of guanidine groups is 1. The molecule has 1 fully saturated rings. The van der Waals surface area contributed by atoms with Crippen molar-refractivity contribution < 1.29 is 19.8 Å². The van der Waals surface area contributed by atoms with Gasteiger partial charge in [-0.05, 0) is 53.3 Å². The quantitative estimate of drug-likeness (QED) is 0.304. The Balaban J connectivity index is 1.57. The van der Waals surface area contributed by atoms with Crippen molar-refractivity contribution in [3.05, 3.63) is 84.2 Å². The molecule has 1 amide bonds. The molecule has 0 saturated carbocycles. The molecule has 180 valence electrons. The summed E-state index contributed by atoms with van der Waals surface area (Å²) in [4.78, 5) is 34.1. The Labute approximate surface area is 202 Å². The maximum Gasteiger partial charge on any atom is 0.303 e. The number of aliphatic hydroxyl groups is 1. The fourth-order valence-corrected chi connectivity index (χ4v) is 4.54. The van der Waals surface area contributed by atoms with E-state index in [-0.39, 0.29) is 30.8 Å². The second kappa shape index (κ2) is 10.4. The van der Waals surface area contributed by atoms with Gasteiger partial charge in [-0.15, -0.1) is 0 Å². The third kappa shape index (κ3) is 5.64. The van der Waals surface area contributed by atoms with Gasteiger partial charge in [0, 0.05) is 25.4 Å². The molecule has 35 heavy (non-hydrogen) atoms. The number of likely N-dealkylation sites (tertiary alicyclic amines) is 1. The van der Waals surface area contributed by atoms with Crippen LogP contribution in [-0.4, -0.2) is 50.5 Å². The molecule has 4 rings (SSSR count). The molecule has 1 unspecified atom stereocenters. The first-order chi connectivity index (χ1) is 16.8. The minimum absolute atomic E-state index is 0.0243. The van der Waals surface area contributed by atoms with E-state index in [1.807, 2.05) is 42.5 Å². The van der Waals surface area contributed by atoms with Crippen LogP contribution in [0, 0.1) is 5.92 Å². The monoisotopic (exact) mass is 473 g/mol. The lowest BCUT2D eigenvalue weighted by Crippen LogP contribution is -2.39. The molecule has 9 nitrogen and oxygen atoms in total. The van der Waals surface area contributed by atoms with Crippen LogP contribution in [-0.2, 0) is 4.79 Å². The summed E-state index contributed by atoms with van der Waals surface area (Å²) in [7, 11) is 0. The molecule has 3 atom stereocenters. The van der Waals surface area contributed by atoms with Gasteiger partial charge in [-0.25, -0.2) is 4.99 Å². The van der Waals surface area contributed by atoms with Gasteiger partial charge in [-0.2, -0.15) is 0 Å². The zero-order valence-electron chi connectivity index (χ0n) is 19.0. The summed E-state index contributed by atoms with van der Waals surface area (Å²) in [6, 6.07) is 17.6. The summed E-state index contributed by atoms with van der Waals surface area (Å²) in [6.45, 7) is 0.261. The number of aliphatic imine (C=N–C) groups is 1. The molecule has 0 bridgehead atoms. The SMILES string of the molecule is NC(N)=Nc1cccc(-c2ccc(C(O)[C@@H]3C[C@@H](CC(=O)O)CN3C(=O)c3cccnc3)cc2)c1. The maximum atomic E-state index is 13.2. The number of carboxylic acids is 1.